The van der Waals surface area contributed by atoms with Gasteiger partial charge >= 0.3 is 0 Å². The minimum Gasteiger partial charge on any atom is -0.468 e. The summed E-state index contributed by atoms with van der Waals surface area (Å²) in [5.41, 5.74) is 2.47. The van der Waals surface area contributed by atoms with Gasteiger partial charge < -0.3 is 14.5 Å². The van der Waals surface area contributed by atoms with Crippen LogP contribution in [0.4, 0.5) is 0 Å². The van der Waals surface area contributed by atoms with Crippen LogP contribution in [0.5, 0.6) is 0 Å². The minimum absolute atomic E-state index is 0.633. The molecule has 2 heterocycles. The number of furan rings is 1. The molecule has 2 aromatic rings. The van der Waals surface area contributed by atoms with Gasteiger partial charge in [0.25, 0.3) is 0 Å². The van der Waals surface area contributed by atoms with Gasteiger partial charge in [-0.1, -0.05) is 0 Å². The van der Waals surface area contributed by atoms with Crippen LogP contribution in [-0.4, -0.2) is 17.6 Å². The Balaban J connectivity index is 1.34. The van der Waals surface area contributed by atoms with Gasteiger partial charge in [-0.05, 0) is 49.4 Å². The smallest absolute Gasteiger partial charge is 0.123 e. The fraction of sp³-hybridized carbons (Fsp3) is 0.471. The average Bonchev–Trinajstić information content (AvgIpc) is 3.25. The topological polar surface area (TPSA) is 47.3 Å². The Morgan fingerprint density at radius 2 is 2.10 bits per heavy atom. The summed E-state index contributed by atoms with van der Waals surface area (Å²) in [6.07, 6.45) is 10.1. The number of pyridine rings is 1. The van der Waals surface area contributed by atoms with E-state index >= 15 is 0 Å². The van der Waals surface area contributed by atoms with Gasteiger partial charge in [-0.25, -0.2) is 0 Å². The van der Waals surface area contributed by atoms with E-state index in [1.54, 1.807) is 6.26 Å². The molecule has 1 aliphatic carbocycles. The summed E-state index contributed by atoms with van der Waals surface area (Å²) in [5, 5.41) is 3.47. The van der Waals surface area contributed by atoms with E-state index in [4.69, 9.17) is 9.15 Å². The monoisotopic (exact) mass is 286 g/mol. The maximum absolute atomic E-state index is 5.76. The van der Waals surface area contributed by atoms with Crippen molar-refractivity contribution >= 4 is 0 Å². The standard InChI is InChI=1S/C17H22N2O2/c1(2-14-5-8-18-9-6-14)10-20-13-15-7-11-21-17(15)12-19-16-3-4-16/h5-9,11,16,19H,1-4,10,12-13H2. The molecule has 0 aliphatic heterocycles. The first-order valence-corrected chi connectivity index (χ1v) is 7.67. The first-order chi connectivity index (χ1) is 10.4. The summed E-state index contributed by atoms with van der Waals surface area (Å²) in [4.78, 5) is 4.02. The zero-order valence-electron chi connectivity index (χ0n) is 12.3. The van der Waals surface area contributed by atoms with Crippen molar-refractivity contribution in [3.05, 3.63) is 53.7 Å². The molecule has 4 heteroatoms. The van der Waals surface area contributed by atoms with Crippen LogP contribution in [0.2, 0.25) is 0 Å². The van der Waals surface area contributed by atoms with Crippen LogP contribution in [-0.2, 0) is 24.3 Å². The predicted molar refractivity (Wildman–Crippen MR) is 80.8 cm³/mol. The number of nitrogens with zero attached hydrogens (tertiary/aromatic N) is 1. The van der Waals surface area contributed by atoms with Crippen LogP contribution in [0.3, 0.4) is 0 Å². The Morgan fingerprint density at radius 1 is 1.24 bits per heavy atom. The molecule has 0 radical (unpaired) electrons. The van der Waals surface area contributed by atoms with Gasteiger partial charge in [0.15, 0.2) is 0 Å². The third-order valence-corrected chi connectivity index (χ3v) is 3.73. The number of rotatable bonds is 9. The number of aromatic nitrogens is 1. The molecule has 0 bridgehead atoms. The van der Waals surface area contributed by atoms with Crippen LogP contribution in [0.1, 0.15) is 36.1 Å². The van der Waals surface area contributed by atoms with Crippen molar-refractivity contribution in [2.45, 2.75) is 44.9 Å². The number of hydrogen-bond acceptors (Lipinski definition) is 4. The lowest BCUT2D eigenvalue weighted by atomic mass is 10.1. The molecule has 0 aromatic carbocycles. The molecule has 1 N–H and O–H groups in total. The fourth-order valence-electron chi connectivity index (χ4n) is 2.29. The minimum atomic E-state index is 0.633. The van der Waals surface area contributed by atoms with Crippen LogP contribution < -0.4 is 5.32 Å². The maximum Gasteiger partial charge on any atom is 0.123 e. The summed E-state index contributed by atoms with van der Waals surface area (Å²) >= 11 is 0. The lowest BCUT2D eigenvalue weighted by Gasteiger charge is -2.06. The molecule has 0 saturated heterocycles. The van der Waals surface area contributed by atoms with Crippen molar-refractivity contribution < 1.29 is 9.15 Å². The molecule has 4 nitrogen and oxygen atoms in total. The largest absolute Gasteiger partial charge is 0.468 e. The molecule has 0 atom stereocenters. The Hall–Kier alpha value is -1.65. The van der Waals surface area contributed by atoms with E-state index in [1.165, 1.54) is 18.4 Å². The highest BCUT2D eigenvalue weighted by atomic mass is 16.5. The van der Waals surface area contributed by atoms with E-state index in [-0.39, 0.29) is 0 Å². The van der Waals surface area contributed by atoms with Gasteiger partial charge in [0.1, 0.15) is 5.76 Å². The van der Waals surface area contributed by atoms with Gasteiger partial charge in [0.2, 0.25) is 0 Å². The number of nitrogens with one attached hydrogen (secondary N) is 1. The number of aryl methyl sites for hydroxylation is 1. The van der Waals surface area contributed by atoms with Gasteiger partial charge in [-0.3, -0.25) is 4.98 Å². The third-order valence-electron chi connectivity index (χ3n) is 3.73. The molecule has 2 aromatic heterocycles. The molecule has 1 saturated carbocycles. The Morgan fingerprint density at radius 3 is 2.90 bits per heavy atom. The Bertz CT molecular complexity index is 535. The lowest BCUT2D eigenvalue weighted by Crippen LogP contribution is -2.15. The lowest BCUT2D eigenvalue weighted by molar-refractivity contribution is 0.117. The molecule has 112 valence electrons. The Kier molecular flexibility index (Phi) is 5.03. The van der Waals surface area contributed by atoms with Gasteiger partial charge in [0, 0.05) is 30.6 Å². The molecule has 3 rings (SSSR count). The van der Waals surface area contributed by atoms with E-state index in [1.807, 2.05) is 18.5 Å². The van der Waals surface area contributed by atoms with E-state index in [2.05, 4.69) is 22.4 Å². The quantitative estimate of drug-likeness (QED) is 0.720. The number of hydrogen-bond donors (Lipinski definition) is 1. The maximum atomic E-state index is 5.76. The normalized spacial score (nSPS) is 14.5. The first-order valence-electron chi connectivity index (χ1n) is 7.67. The molecule has 1 fully saturated rings. The summed E-state index contributed by atoms with van der Waals surface area (Å²) < 4.78 is 11.3. The highest BCUT2D eigenvalue weighted by Gasteiger charge is 2.21. The zero-order chi connectivity index (χ0) is 14.3. The van der Waals surface area contributed by atoms with Crippen molar-refractivity contribution in [2.24, 2.45) is 0 Å². The Labute approximate surface area is 125 Å². The second kappa shape index (κ2) is 7.38. The summed E-state index contributed by atoms with van der Waals surface area (Å²) in [7, 11) is 0. The number of ether oxygens (including phenoxy) is 1. The molecule has 21 heavy (non-hydrogen) atoms. The van der Waals surface area contributed by atoms with Crippen molar-refractivity contribution in [3.8, 4) is 0 Å². The molecule has 0 amide bonds. The van der Waals surface area contributed by atoms with E-state index in [0.717, 1.165) is 37.3 Å². The highest BCUT2D eigenvalue weighted by molar-refractivity contribution is 5.16. The summed E-state index contributed by atoms with van der Waals surface area (Å²) in [6.45, 7) is 2.21. The SMILES string of the molecule is c1cc(CCCOCc2ccoc2CNC2CC2)ccn1. The van der Waals surface area contributed by atoms with Crippen LogP contribution in [0, 0.1) is 0 Å². The van der Waals surface area contributed by atoms with Gasteiger partial charge in [-0.15, -0.1) is 0 Å². The molecule has 0 unspecified atom stereocenters. The van der Waals surface area contributed by atoms with Crippen molar-refractivity contribution in [1.82, 2.24) is 10.3 Å². The molecular formula is C17H22N2O2. The summed E-state index contributed by atoms with van der Waals surface area (Å²) in [5.74, 6) is 1.01. The van der Waals surface area contributed by atoms with Crippen molar-refractivity contribution in [2.75, 3.05) is 6.61 Å². The van der Waals surface area contributed by atoms with Crippen LogP contribution >= 0.6 is 0 Å². The van der Waals surface area contributed by atoms with Crippen molar-refractivity contribution in [3.63, 3.8) is 0 Å². The first kappa shape index (κ1) is 14.3. The van der Waals surface area contributed by atoms with E-state index < -0.39 is 0 Å². The van der Waals surface area contributed by atoms with Gasteiger partial charge in [-0.2, -0.15) is 0 Å². The molecular weight excluding hydrogens is 264 g/mol. The third kappa shape index (κ3) is 4.69. The second-order valence-corrected chi connectivity index (χ2v) is 5.54. The highest BCUT2D eigenvalue weighted by Crippen LogP contribution is 2.20. The van der Waals surface area contributed by atoms with Crippen LogP contribution in [0.15, 0.2) is 41.3 Å². The average molecular weight is 286 g/mol. The van der Waals surface area contributed by atoms with Gasteiger partial charge in [0.05, 0.1) is 19.4 Å². The molecule has 0 spiro atoms. The zero-order valence-corrected chi connectivity index (χ0v) is 12.3. The summed E-state index contributed by atoms with van der Waals surface area (Å²) in [6, 6.07) is 6.81. The second-order valence-electron chi connectivity index (χ2n) is 5.54. The van der Waals surface area contributed by atoms with E-state index in [9.17, 15) is 0 Å². The van der Waals surface area contributed by atoms with Crippen LogP contribution in [0.25, 0.3) is 0 Å². The molecule has 1 aliphatic rings. The van der Waals surface area contributed by atoms with Crippen molar-refractivity contribution in [1.29, 1.82) is 0 Å². The fourth-order valence-corrected chi connectivity index (χ4v) is 2.29. The van der Waals surface area contributed by atoms with E-state index in [0.29, 0.717) is 12.6 Å². The predicted octanol–water partition coefficient (Wildman–Crippen LogP) is 3.08.